The number of benzene rings is 2. The van der Waals surface area contributed by atoms with Crippen LogP contribution in [0.4, 0.5) is 4.79 Å². The van der Waals surface area contributed by atoms with Crippen LogP contribution in [0.3, 0.4) is 0 Å². The van der Waals surface area contributed by atoms with Crippen LogP contribution in [0.2, 0.25) is 0 Å². The third kappa shape index (κ3) is 3.10. The van der Waals surface area contributed by atoms with E-state index in [4.69, 9.17) is 0 Å². The first-order valence-corrected chi connectivity index (χ1v) is 8.36. The molecule has 126 valence electrons. The SMILES string of the molecule is O=C(NCc1nncn1-c1ccccc1)N1CC[C@@H]1c1ccccc1. The van der Waals surface area contributed by atoms with Gasteiger partial charge in [-0.05, 0) is 24.1 Å². The summed E-state index contributed by atoms with van der Waals surface area (Å²) in [6.45, 7) is 1.11. The van der Waals surface area contributed by atoms with Crippen molar-refractivity contribution in [3.05, 3.63) is 78.4 Å². The molecule has 0 saturated carbocycles. The van der Waals surface area contributed by atoms with E-state index in [1.54, 1.807) is 6.33 Å². The Morgan fingerprint density at radius 1 is 1.08 bits per heavy atom. The summed E-state index contributed by atoms with van der Waals surface area (Å²) >= 11 is 0. The fourth-order valence-corrected chi connectivity index (χ4v) is 3.09. The van der Waals surface area contributed by atoms with Crippen LogP contribution in [0.25, 0.3) is 5.69 Å². The smallest absolute Gasteiger partial charge is 0.318 e. The van der Waals surface area contributed by atoms with Gasteiger partial charge in [-0.3, -0.25) is 4.57 Å². The summed E-state index contributed by atoms with van der Waals surface area (Å²) in [4.78, 5) is 14.4. The van der Waals surface area contributed by atoms with E-state index in [9.17, 15) is 4.79 Å². The second kappa shape index (κ2) is 6.76. The van der Waals surface area contributed by atoms with Crippen molar-refractivity contribution in [3.8, 4) is 5.69 Å². The van der Waals surface area contributed by atoms with Gasteiger partial charge in [-0.2, -0.15) is 0 Å². The molecule has 1 aromatic heterocycles. The minimum atomic E-state index is -0.0669. The van der Waals surface area contributed by atoms with Crippen molar-refractivity contribution >= 4 is 6.03 Å². The Morgan fingerprint density at radius 3 is 2.48 bits per heavy atom. The minimum absolute atomic E-state index is 0.0669. The predicted molar refractivity (Wildman–Crippen MR) is 94.1 cm³/mol. The van der Waals surface area contributed by atoms with Gasteiger partial charge in [0.15, 0.2) is 5.82 Å². The quantitative estimate of drug-likeness (QED) is 0.798. The molecule has 0 radical (unpaired) electrons. The Morgan fingerprint density at radius 2 is 1.80 bits per heavy atom. The maximum atomic E-state index is 12.5. The van der Waals surface area contributed by atoms with E-state index in [1.807, 2.05) is 58.0 Å². The highest BCUT2D eigenvalue weighted by molar-refractivity contribution is 5.75. The number of nitrogens with one attached hydrogen (secondary N) is 1. The number of hydrogen-bond acceptors (Lipinski definition) is 3. The van der Waals surface area contributed by atoms with Gasteiger partial charge >= 0.3 is 6.03 Å². The molecule has 2 heterocycles. The molecule has 6 heteroatoms. The topological polar surface area (TPSA) is 63.1 Å². The van der Waals surface area contributed by atoms with Crippen LogP contribution < -0.4 is 5.32 Å². The molecule has 2 aromatic carbocycles. The van der Waals surface area contributed by atoms with Gasteiger partial charge in [0.05, 0.1) is 12.6 Å². The number of rotatable bonds is 4. The Labute approximate surface area is 146 Å². The van der Waals surface area contributed by atoms with Gasteiger partial charge in [0.25, 0.3) is 0 Å². The van der Waals surface area contributed by atoms with Crippen molar-refractivity contribution in [1.82, 2.24) is 25.0 Å². The van der Waals surface area contributed by atoms with Gasteiger partial charge in [-0.15, -0.1) is 10.2 Å². The first-order chi connectivity index (χ1) is 12.3. The van der Waals surface area contributed by atoms with Crippen LogP contribution in [0.5, 0.6) is 0 Å². The summed E-state index contributed by atoms with van der Waals surface area (Å²) in [5.41, 5.74) is 2.15. The van der Waals surface area contributed by atoms with Crippen molar-refractivity contribution < 1.29 is 4.79 Å². The molecular weight excluding hydrogens is 314 g/mol. The molecular formula is C19H19N5O. The lowest BCUT2D eigenvalue weighted by atomic mass is 9.95. The number of carbonyl (C=O) groups excluding carboxylic acids is 1. The highest BCUT2D eigenvalue weighted by atomic mass is 16.2. The van der Waals surface area contributed by atoms with E-state index in [0.29, 0.717) is 12.4 Å². The number of amides is 2. The number of aromatic nitrogens is 3. The lowest BCUT2D eigenvalue weighted by Crippen LogP contribution is -2.49. The van der Waals surface area contributed by atoms with Gasteiger partial charge in [0.2, 0.25) is 0 Å². The second-order valence-electron chi connectivity index (χ2n) is 6.02. The number of hydrogen-bond donors (Lipinski definition) is 1. The number of carbonyl (C=O) groups is 1. The zero-order valence-corrected chi connectivity index (χ0v) is 13.7. The van der Waals surface area contributed by atoms with E-state index in [2.05, 4.69) is 27.6 Å². The Balaban J connectivity index is 1.41. The molecule has 1 N–H and O–H groups in total. The molecule has 0 aliphatic carbocycles. The maximum Gasteiger partial charge on any atom is 0.318 e. The molecule has 2 amide bonds. The molecule has 1 fully saturated rings. The number of urea groups is 1. The maximum absolute atomic E-state index is 12.5. The second-order valence-corrected chi connectivity index (χ2v) is 6.02. The molecule has 25 heavy (non-hydrogen) atoms. The van der Waals surface area contributed by atoms with Gasteiger partial charge in [0, 0.05) is 12.2 Å². The minimum Gasteiger partial charge on any atom is -0.331 e. The first-order valence-electron chi connectivity index (χ1n) is 8.36. The van der Waals surface area contributed by atoms with Crippen molar-refractivity contribution in [1.29, 1.82) is 0 Å². The van der Waals surface area contributed by atoms with Crippen molar-refractivity contribution in [2.45, 2.75) is 19.0 Å². The summed E-state index contributed by atoms with van der Waals surface area (Å²) in [5, 5.41) is 11.1. The third-order valence-electron chi connectivity index (χ3n) is 4.52. The Kier molecular flexibility index (Phi) is 4.16. The lowest BCUT2D eigenvalue weighted by Gasteiger charge is -2.41. The van der Waals surface area contributed by atoms with Crippen LogP contribution in [0, 0.1) is 0 Å². The van der Waals surface area contributed by atoms with E-state index in [0.717, 1.165) is 18.7 Å². The zero-order chi connectivity index (χ0) is 17.1. The van der Waals surface area contributed by atoms with Gasteiger partial charge in [-0.25, -0.2) is 4.79 Å². The molecule has 1 saturated heterocycles. The van der Waals surface area contributed by atoms with Crippen molar-refractivity contribution in [2.75, 3.05) is 6.54 Å². The molecule has 0 unspecified atom stereocenters. The highest BCUT2D eigenvalue weighted by Crippen LogP contribution is 2.32. The number of likely N-dealkylation sites (tertiary alicyclic amines) is 1. The van der Waals surface area contributed by atoms with Crippen molar-refractivity contribution in [3.63, 3.8) is 0 Å². The van der Waals surface area contributed by atoms with E-state index in [1.165, 1.54) is 5.56 Å². The van der Waals surface area contributed by atoms with Gasteiger partial charge in [-0.1, -0.05) is 48.5 Å². The largest absolute Gasteiger partial charge is 0.331 e. The average Bonchev–Trinajstić information content (AvgIpc) is 3.09. The monoisotopic (exact) mass is 333 g/mol. The Hall–Kier alpha value is -3.15. The Bertz CT molecular complexity index is 847. The van der Waals surface area contributed by atoms with Gasteiger partial charge < -0.3 is 10.2 Å². The fourth-order valence-electron chi connectivity index (χ4n) is 3.09. The average molecular weight is 333 g/mol. The normalized spacial score (nSPS) is 16.3. The standard InChI is InChI=1S/C19H19N5O/c25-19(23-12-11-17(23)15-7-3-1-4-8-15)20-13-18-22-21-14-24(18)16-9-5-2-6-10-16/h1-10,14,17H,11-13H2,(H,20,25)/t17-/m1/s1. The van der Waals surface area contributed by atoms with Crippen LogP contribution in [-0.4, -0.2) is 32.2 Å². The summed E-state index contributed by atoms with van der Waals surface area (Å²) < 4.78 is 1.88. The van der Waals surface area contributed by atoms with Crippen LogP contribution in [0.1, 0.15) is 23.9 Å². The highest BCUT2D eigenvalue weighted by Gasteiger charge is 2.33. The molecule has 0 bridgehead atoms. The molecule has 1 atom stereocenters. The summed E-state index contributed by atoms with van der Waals surface area (Å²) in [6, 6.07) is 20.1. The molecule has 1 aliphatic heterocycles. The van der Waals surface area contributed by atoms with Crippen LogP contribution in [0.15, 0.2) is 67.0 Å². The van der Waals surface area contributed by atoms with Gasteiger partial charge in [0.1, 0.15) is 6.33 Å². The molecule has 0 spiro atoms. The summed E-state index contributed by atoms with van der Waals surface area (Å²) in [5.74, 6) is 0.705. The first kappa shape index (κ1) is 15.4. The predicted octanol–water partition coefficient (Wildman–Crippen LogP) is 2.92. The number of nitrogens with zero attached hydrogens (tertiary/aromatic N) is 4. The van der Waals surface area contributed by atoms with E-state index >= 15 is 0 Å². The summed E-state index contributed by atoms with van der Waals surface area (Å²) in [7, 11) is 0. The lowest BCUT2D eigenvalue weighted by molar-refractivity contribution is 0.115. The third-order valence-corrected chi connectivity index (χ3v) is 4.52. The van der Waals surface area contributed by atoms with E-state index < -0.39 is 0 Å². The molecule has 6 nitrogen and oxygen atoms in total. The van der Waals surface area contributed by atoms with E-state index in [-0.39, 0.29) is 12.1 Å². The summed E-state index contributed by atoms with van der Waals surface area (Å²) in [6.07, 6.45) is 2.66. The molecule has 1 aliphatic rings. The van der Waals surface area contributed by atoms with Crippen LogP contribution in [-0.2, 0) is 6.54 Å². The number of para-hydroxylation sites is 1. The fraction of sp³-hybridized carbons (Fsp3) is 0.211. The van der Waals surface area contributed by atoms with Crippen molar-refractivity contribution in [2.24, 2.45) is 0 Å². The molecule has 3 aromatic rings. The zero-order valence-electron chi connectivity index (χ0n) is 13.7. The van der Waals surface area contributed by atoms with Crippen LogP contribution >= 0.6 is 0 Å². The molecule has 4 rings (SSSR count).